The number of carbonyl (C=O) groups is 1. The predicted octanol–water partition coefficient (Wildman–Crippen LogP) is 6.34. The summed E-state index contributed by atoms with van der Waals surface area (Å²) in [6, 6.07) is 29.5. The molecule has 0 bridgehead atoms. The Morgan fingerprint density at radius 1 is 1.02 bits per heavy atom. The van der Waals surface area contributed by atoms with Gasteiger partial charge in [-0.2, -0.15) is 0 Å². The highest BCUT2D eigenvalue weighted by Gasteiger charge is 2.53. The van der Waals surface area contributed by atoms with Crippen LogP contribution < -0.4 is 10.1 Å². The minimum atomic E-state index is -1.49. The summed E-state index contributed by atoms with van der Waals surface area (Å²) in [5.74, 6) is 0.130. The van der Waals surface area contributed by atoms with Crippen molar-refractivity contribution in [1.82, 2.24) is 5.32 Å². The van der Waals surface area contributed by atoms with E-state index in [1.807, 2.05) is 36.4 Å². The summed E-state index contributed by atoms with van der Waals surface area (Å²) in [5, 5.41) is 15.9. The van der Waals surface area contributed by atoms with E-state index in [1.165, 1.54) is 12.1 Å². The quantitative estimate of drug-likeness (QED) is 0.0878. The predicted molar refractivity (Wildman–Crippen MR) is 160 cm³/mol. The van der Waals surface area contributed by atoms with Crippen molar-refractivity contribution >= 4 is 17.5 Å². The second-order valence-electron chi connectivity index (χ2n) is 10.0. The molecule has 2 atom stereocenters. The number of azide groups is 1. The van der Waals surface area contributed by atoms with Gasteiger partial charge in [-0.1, -0.05) is 71.8 Å². The van der Waals surface area contributed by atoms with Gasteiger partial charge in [-0.05, 0) is 58.6 Å². The number of carbonyl (C=O) groups excluding carboxylic acids is 1. The van der Waals surface area contributed by atoms with Crippen LogP contribution in [-0.2, 0) is 22.5 Å². The number of aliphatic hydroxyl groups is 1. The molecular formula is C33H30FN5O4. The maximum atomic E-state index is 14.3. The highest BCUT2D eigenvalue weighted by atomic mass is 19.1. The smallest absolute Gasteiger partial charge is 0.252 e. The lowest BCUT2D eigenvalue weighted by atomic mass is 9.81. The SMILES string of the molecule is [N-]=[N+]=Nc1ccccc1C[C@@]1(C(=O)NCc2ccc(F)cc2)N=C(c2ccc(OCCCO)cc2)O[C@@H]1c1ccccc1. The van der Waals surface area contributed by atoms with Crippen LogP contribution in [0, 0.1) is 5.82 Å². The van der Waals surface area contributed by atoms with Gasteiger partial charge in [0.15, 0.2) is 11.6 Å². The lowest BCUT2D eigenvalue weighted by Gasteiger charge is -2.31. The van der Waals surface area contributed by atoms with Crippen LogP contribution in [0.1, 0.15) is 34.8 Å². The molecule has 43 heavy (non-hydrogen) atoms. The Hall–Kier alpha value is -5.18. The molecule has 0 saturated carbocycles. The van der Waals surface area contributed by atoms with E-state index in [2.05, 4.69) is 15.3 Å². The molecule has 2 N–H and O–H groups in total. The molecule has 0 aliphatic carbocycles. The van der Waals surface area contributed by atoms with Crippen LogP contribution in [0.4, 0.5) is 10.1 Å². The van der Waals surface area contributed by atoms with Crippen molar-refractivity contribution < 1.29 is 23.8 Å². The molecule has 9 nitrogen and oxygen atoms in total. The van der Waals surface area contributed by atoms with Crippen LogP contribution in [-0.4, -0.2) is 35.7 Å². The lowest BCUT2D eigenvalue weighted by molar-refractivity contribution is -0.129. The van der Waals surface area contributed by atoms with Gasteiger partial charge < -0.3 is 19.9 Å². The van der Waals surface area contributed by atoms with Gasteiger partial charge >= 0.3 is 0 Å². The zero-order valence-electron chi connectivity index (χ0n) is 23.3. The molecule has 1 amide bonds. The minimum Gasteiger partial charge on any atom is -0.494 e. The molecule has 218 valence electrons. The van der Waals surface area contributed by atoms with Gasteiger partial charge in [0, 0.05) is 42.2 Å². The highest BCUT2D eigenvalue weighted by Crippen LogP contribution is 2.43. The number of benzene rings is 4. The lowest BCUT2D eigenvalue weighted by Crippen LogP contribution is -2.49. The first-order valence-corrected chi connectivity index (χ1v) is 13.8. The van der Waals surface area contributed by atoms with E-state index in [0.717, 1.165) is 11.1 Å². The Labute approximate surface area is 248 Å². The maximum Gasteiger partial charge on any atom is 0.252 e. The number of rotatable bonds is 12. The van der Waals surface area contributed by atoms with E-state index in [0.29, 0.717) is 35.6 Å². The second-order valence-corrected chi connectivity index (χ2v) is 10.0. The average molecular weight is 580 g/mol. The molecule has 4 aromatic carbocycles. The van der Waals surface area contributed by atoms with Gasteiger partial charge in [0.25, 0.3) is 5.91 Å². The largest absolute Gasteiger partial charge is 0.494 e. The van der Waals surface area contributed by atoms with E-state index in [9.17, 15) is 14.7 Å². The summed E-state index contributed by atoms with van der Waals surface area (Å²) in [7, 11) is 0. The number of aliphatic imine (C=N–C) groups is 1. The fourth-order valence-corrected chi connectivity index (χ4v) is 4.94. The van der Waals surface area contributed by atoms with Gasteiger partial charge in [-0.15, -0.1) is 0 Å². The number of halogens is 1. The summed E-state index contributed by atoms with van der Waals surface area (Å²) >= 11 is 0. The van der Waals surface area contributed by atoms with E-state index < -0.39 is 17.6 Å². The molecule has 5 rings (SSSR count). The van der Waals surface area contributed by atoms with Crippen molar-refractivity contribution in [3.8, 4) is 5.75 Å². The molecule has 0 unspecified atom stereocenters. The molecule has 4 aromatic rings. The van der Waals surface area contributed by atoms with Gasteiger partial charge in [0.1, 0.15) is 11.6 Å². The van der Waals surface area contributed by atoms with Crippen molar-refractivity contribution in [2.24, 2.45) is 10.1 Å². The topological polar surface area (TPSA) is 129 Å². The van der Waals surface area contributed by atoms with E-state index in [4.69, 9.17) is 19.6 Å². The molecule has 0 aromatic heterocycles. The Bertz CT molecular complexity index is 1620. The van der Waals surface area contributed by atoms with Crippen LogP contribution in [0.15, 0.2) is 113 Å². The third-order valence-electron chi connectivity index (χ3n) is 7.10. The molecule has 0 spiro atoms. The molecule has 0 radical (unpaired) electrons. The van der Waals surface area contributed by atoms with Gasteiger partial charge in [0.2, 0.25) is 5.90 Å². The molecule has 0 saturated heterocycles. The fraction of sp³-hybridized carbons (Fsp3) is 0.212. The first-order valence-electron chi connectivity index (χ1n) is 13.8. The molecule has 0 fully saturated rings. The van der Waals surface area contributed by atoms with Crippen molar-refractivity contribution in [1.29, 1.82) is 0 Å². The Morgan fingerprint density at radius 2 is 1.74 bits per heavy atom. The van der Waals surface area contributed by atoms with Crippen LogP contribution in [0.5, 0.6) is 5.75 Å². The van der Waals surface area contributed by atoms with Gasteiger partial charge in [-0.25, -0.2) is 9.38 Å². The first-order chi connectivity index (χ1) is 21.0. The van der Waals surface area contributed by atoms with Crippen molar-refractivity contribution in [3.05, 3.63) is 142 Å². The average Bonchev–Trinajstić information content (AvgIpc) is 3.43. The number of nitrogens with one attached hydrogen (secondary N) is 1. The normalized spacial score (nSPS) is 17.3. The summed E-state index contributed by atoms with van der Waals surface area (Å²) in [6.07, 6.45) is -0.233. The third-order valence-corrected chi connectivity index (χ3v) is 7.10. The fourth-order valence-electron chi connectivity index (χ4n) is 4.94. The Kier molecular flexibility index (Phi) is 9.31. The second kappa shape index (κ2) is 13.7. The molecular weight excluding hydrogens is 549 g/mol. The standard InChI is InChI=1S/C33H30FN5O4/c34-27-15-11-23(12-16-27)22-36-32(41)33(21-26-9-4-5-10-29(26)38-39-35)30(24-7-2-1-3-8-24)43-31(37-33)25-13-17-28(18-14-25)42-20-6-19-40/h1-5,7-18,30,40H,6,19-22H2,(H,36,41)/t30-,33-/m1/s1. The van der Waals surface area contributed by atoms with Crippen LogP contribution in [0.25, 0.3) is 10.4 Å². The number of hydrogen-bond acceptors (Lipinski definition) is 6. The number of amides is 1. The van der Waals surface area contributed by atoms with Crippen molar-refractivity contribution in [2.45, 2.75) is 31.0 Å². The Morgan fingerprint density at radius 3 is 2.47 bits per heavy atom. The van der Waals surface area contributed by atoms with Crippen molar-refractivity contribution in [2.75, 3.05) is 13.2 Å². The van der Waals surface area contributed by atoms with Crippen molar-refractivity contribution in [3.63, 3.8) is 0 Å². The van der Waals surface area contributed by atoms with E-state index in [-0.39, 0.29) is 31.3 Å². The van der Waals surface area contributed by atoms with E-state index in [1.54, 1.807) is 54.6 Å². The minimum absolute atomic E-state index is 0.0394. The molecule has 1 aliphatic heterocycles. The van der Waals surface area contributed by atoms with Gasteiger partial charge in [0.05, 0.1) is 6.61 Å². The summed E-state index contributed by atoms with van der Waals surface area (Å²) < 4.78 is 25.7. The van der Waals surface area contributed by atoms with E-state index >= 15 is 0 Å². The number of aliphatic hydroxyl groups excluding tert-OH is 1. The third kappa shape index (κ3) is 6.83. The maximum absolute atomic E-state index is 14.3. The zero-order chi connectivity index (χ0) is 30.1. The number of nitrogens with zero attached hydrogens (tertiary/aromatic N) is 4. The first kappa shape index (κ1) is 29.3. The number of ether oxygens (including phenoxy) is 2. The van der Waals surface area contributed by atoms with Crippen LogP contribution in [0.3, 0.4) is 0 Å². The monoisotopic (exact) mass is 579 g/mol. The summed E-state index contributed by atoms with van der Waals surface area (Å²) in [4.78, 5) is 22.3. The van der Waals surface area contributed by atoms with Gasteiger partial charge in [-0.3, -0.25) is 4.79 Å². The van der Waals surface area contributed by atoms with Crippen LogP contribution >= 0.6 is 0 Å². The van der Waals surface area contributed by atoms with Crippen LogP contribution in [0.2, 0.25) is 0 Å². The summed E-state index contributed by atoms with van der Waals surface area (Å²) in [6.45, 7) is 0.564. The highest BCUT2D eigenvalue weighted by molar-refractivity contribution is 6.01. The Balaban J connectivity index is 1.57. The molecule has 10 heteroatoms. The number of hydrogen-bond donors (Lipinski definition) is 2. The molecule has 1 aliphatic rings. The summed E-state index contributed by atoms with van der Waals surface area (Å²) in [5.41, 5.74) is 10.8. The zero-order valence-corrected chi connectivity index (χ0v) is 23.3. The molecule has 1 heterocycles.